The minimum absolute atomic E-state index is 0.504. The summed E-state index contributed by atoms with van der Waals surface area (Å²) in [5, 5.41) is 14.7. The lowest BCUT2D eigenvalue weighted by Crippen LogP contribution is -1.99. The van der Waals surface area contributed by atoms with Crippen LogP contribution in [0, 0.1) is 0 Å². The van der Waals surface area contributed by atoms with Crippen molar-refractivity contribution in [3.05, 3.63) is 46.7 Å². The largest absolute Gasteiger partial charge is 0.389 e. The van der Waals surface area contributed by atoms with Crippen molar-refractivity contribution in [3.8, 4) is 5.69 Å². The average molecular weight is 263 g/mol. The fourth-order valence-electron chi connectivity index (χ4n) is 2.04. The molecule has 0 radical (unpaired) electrons. The van der Waals surface area contributed by atoms with Gasteiger partial charge in [-0.2, -0.15) is 5.10 Å². The van der Waals surface area contributed by atoms with E-state index in [0.717, 1.165) is 16.9 Å². The maximum atomic E-state index is 9.51. The van der Waals surface area contributed by atoms with Gasteiger partial charge in [0.2, 0.25) is 0 Å². The molecule has 1 saturated carbocycles. The Balaban J connectivity index is 1.94. The van der Waals surface area contributed by atoms with Gasteiger partial charge in [0.1, 0.15) is 0 Å². The maximum Gasteiger partial charge on any atom is 0.0832 e. The molecule has 1 aromatic carbocycles. The van der Waals surface area contributed by atoms with Crippen molar-refractivity contribution in [2.45, 2.75) is 31.8 Å². The van der Waals surface area contributed by atoms with Crippen LogP contribution in [-0.2, 0) is 0 Å². The van der Waals surface area contributed by atoms with Gasteiger partial charge in [-0.1, -0.05) is 17.7 Å². The van der Waals surface area contributed by atoms with Crippen LogP contribution in [0.4, 0.5) is 0 Å². The molecule has 0 amide bonds. The monoisotopic (exact) mass is 262 g/mol. The summed E-state index contributed by atoms with van der Waals surface area (Å²) in [6.45, 7) is 1.73. The van der Waals surface area contributed by atoms with E-state index in [-0.39, 0.29) is 0 Å². The predicted molar refractivity (Wildman–Crippen MR) is 71.2 cm³/mol. The molecular weight excluding hydrogens is 248 g/mol. The van der Waals surface area contributed by atoms with Crippen LogP contribution in [0.3, 0.4) is 0 Å². The Bertz CT molecular complexity index is 573. The molecule has 1 fully saturated rings. The van der Waals surface area contributed by atoms with Crippen molar-refractivity contribution in [1.82, 2.24) is 9.78 Å². The number of aliphatic hydroxyl groups is 1. The molecule has 0 aliphatic heterocycles. The molecule has 94 valence electrons. The molecule has 1 aliphatic rings. The van der Waals surface area contributed by atoms with Crippen molar-refractivity contribution in [2.75, 3.05) is 0 Å². The standard InChI is InChI=1S/C14H15ClN2O/c1-9(18)11-4-5-14(12(15)8-11)17-7-6-13(16-17)10-2-3-10/h4-10,18H,2-3H2,1H3/t9-/m1/s1. The summed E-state index contributed by atoms with van der Waals surface area (Å²) < 4.78 is 1.81. The summed E-state index contributed by atoms with van der Waals surface area (Å²) in [7, 11) is 0. The molecule has 3 rings (SSSR count). The quantitative estimate of drug-likeness (QED) is 0.920. The highest BCUT2D eigenvalue weighted by atomic mass is 35.5. The van der Waals surface area contributed by atoms with Gasteiger partial charge in [0.05, 0.1) is 22.5 Å². The van der Waals surface area contributed by atoms with Gasteiger partial charge >= 0.3 is 0 Å². The fraction of sp³-hybridized carbons (Fsp3) is 0.357. The highest BCUT2D eigenvalue weighted by Crippen LogP contribution is 2.39. The van der Waals surface area contributed by atoms with Gasteiger partial charge in [-0.3, -0.25) is 0 Å². The lowest BCUT2D eigenvalue weighted by molar-refractivity contribution is 0.199. The highest BCUT2D eigenvalue weighted by Gasteiger charge is 2.26. The lowest BCUT2D eigenvalue weighted by atomic mass is 10.1. The van der Waals surface area contributed by atoms with Crippen LogP contribution >= 0.6 is 11.6 Å². The first-order valence-electron chi connectivity index (χ1n) is 6.18. The first-order chi connectivity index (χ1) is 8.65. The number of nitrogens with zero attached hydrogens (tertiary/aromatic N) is 2. The fourth-order valence-corrected chi connectivity index (χ4v) is 2.31. The van der Waals surface area contributed by atoms with Crippen LogP contribution in [0.2, 0.25) is 5.02 Å². The van der Waals surface area contributed by atoms with Crippen molar-refractivity contribution in [2.24, 2.45) is 0 Å². The number of benzene rings is 1. The number of halogens is 1. The Kier molecular flexibility index (Phi) is 2.88. The molecule has 0 bridgehead atoms. The van der Waals surface area contributed by atoms with Crippen LogP contribution in [0.25, 0.3) is 5.69 Å². The van der Waals surface area contributed by atoms with Gasteiger partial charge in [-0.05, 0) is 43.5 Å². The van der Waals surface area contributed by atoms with Gasteiger partial charge in [0.25, 0.3) is 0 Å². The van der Waals surface area contributed by atoms with Gasteiger partial charge in [0, 0.05) is 12.1 Å². The molecule has 1 atom stereocenters. The normalized spacial score (nSPS) is 16.8. The Morgan fingerprint density at radius 1 is 1.39 bits per heavy atom. The molecular formula is C14H15ClN2O. The smallest absolute Gasteiger partial charge is 0.0832 e. The van der Waals surface area contributed by atoms with Gasteiger partial charge in [-0.25, -0.2) is 4.68 Å². The van der Waals surface area contributed by atoms with E-state index >= 15 is 0 Å². The Morgan fingerprint density at radius 3 is 2.78 bits per heavy atom. The van der Waals surface area contributed by atoms with Crippen molar-refractivity contribution in [3.63, 3.8) is 0 Å². The molecule has 18 heavy (non-hydrogen) atoms. The summed E-state index contributed by atoms with van der Waals surface area (Å²) in [4.78, 5) is 0. The molecule has 0 unspecified atom stereocenters. The zero-order valence-corrected chi connectivity index (χ0v) is 10.9. The van der Waals surface area contributed by atoms with Crippen molar-refractivity contribution >= 4 is 11.6 Å². The summed E-state index contributed by atoms with van der Waals surface area (Å²) >= 11 is 6.24. The molecule has 1 aliphatic carbocycles. The number of aliphatic hydroxyl groups excluding tert-OH is 1. The second-order valence-corrected chi connectivity index (χ2v) is 5.25. The van der Waals surface area contributed by atoms with Gasteiger partial charge in [0.15, 0.2) is 0 Å². The number of rotatable bonds is 3. The van der Waals surface area contributed by atoms with E-state index in [1.54, 1.807) is 13.0 Å². The second kappa shape index (κ2) is 4.41. The van der Waals surface area contributed by atoms with Gasteiger partial charge < -0.3 is 5.11 Å². The Labute approximate surface area is 111 Å². The molecule has 1 aromatic heterocycles. The SMILES string of the molecule is C[C@@H](O)c1ccc(-n2ccc(C3CC3)n2)c(Cl)c1. The number of aromatic nitrogens is 2. The third-order valence-corrected chi connectivity index (χ3v) is 3.61. The number of hydrogen-bond acceptors (Lipinski definition) is 2. The molecule has 0 saturated heterocycles. The third-order valence-electron chi connectivity index (χ3n) is 3.31. The topological polar surface area (TPSA) is 38.0 Å². The summed E-state index contributed by atoms with van der Waals surface area (Å²) in [5.41, 5.74) is 2.82. The predicted octanol–water partition coefficient (Wildman–Crippen LogP) is 3.46. The van der Waals surface area contributed by atoms with Crippen LogP contribution in [0.1, 0.15) is 43.0 Å². The zero-order valence-electron chi connectivity index (χ0n) is 10.2. The summed E-state index contributed by atoms with van der Waals surface area (Å²) in [6, 6.07) is 7.62. The first-order valence-corrected chi connectivity index (χ1v) is 6.56. The Hall–Kier alpha value is -1.32. The van der Waals surface area contributed by atoms with E-state index in [9.17, 15) is 5.11 Å². The molecule has 1 heterocycles. The first kappa shape index (κ1) is 11.8. The van der Waals surface area contributed by atoms with E-state index in [1.165, 1.54) is 12.8 Å². The average Bonchev–Trinajstić information content (AvgIpc) is 3.08. The van der Waals surface area contributed by atoms with E-state index in [4.69, 9.17) is 11.6 Å². The minimum Gasteiger partial charge on any atom is -0.389 e. The summed E-state index contributed by atoms with van der Waals surface area (Å²) in [6.07, 6.45) is 3.92. The maximum absolute atomic E-state index is 9.51. The molecule has 1 N–H and O–H groups in total. The van der Waals surface area contributed by atoms with E-state index < -0.39 is 6.10 Å². The van der Waals surface area contributed by atoms with Crippen LogP contribution < -0.4 is 0 Å². The van der Waals surface area contributed by atoms with E-state index in [1.807, 2.05) is 23.0 Å². The van der Waals surface area contributed by atoms with E-state index in [2.05, 4.69) is 11.2 Å². The molecule has 3 nitrogen and oxygen atoms in total. The summed E-state index contributed by atoms with van der Waals surface area (Å²) in [5.74, 6) is 0.641. The van der Waals surface area contributed by atoms with Crippen LogP contribution in [0.5, 0.6) is 0 Å². The van der Waals surface area contributed by atoms with E-state index in [0.29, 0.717) is 10.9 Å². The lowest BCUT2D eigenvalue weighted by Gasteiger charge is -2.09. The van der Waals surface area contributed by atoms with Crippen molar-refractivity contribution in [1.29, 1.82) is 0 Å². The molecule has 0 spiro atoms. The van der Waals surface area contributed by atoms with Crippen LogP contribution in [0.15, 0.2) is 30.5 Å². The second-order valence-electron chi connectivity index (χ2n) is 4.85. The molecule has 2 aromatic rings. The zero-order chi connectivity index (χ0) is 12.7. The minimum atomic E-state index is -0.504. The molecule has 4 heteroatoms. The van der Waals surface area contributed by atoms with Gasteiger partial charge in [-0.15, -0.1) is 0 Å². The van der Waals surface area contributed by atoms with Crippen LogP contribution in [-0.4, -0.2) is 14.9 Å². The Morgan fingerprint density at radius 2 is 2.17 bits per heavy atom. The number of hydrogen-bond donors (Lipinski definition) is 1. The van der Waals surface area contributed by atoms with Crippen molar-refractivity contribution < 1.29 is 5.11 Å². The third kappa shape index (κ3) is 2.16. The highest BCUT2D eigenvalue weighted by molar-refractivity contribution is 6.32.